The molecule has 0 bridgehead atoms. The number of halogens is 2. The van der Waals surface area contributed by atoms with Gasteiger partial charge in [-0.3, -0.25) is 4.72 Å². The second-order valence-electron chi connectivity index (χ2n) is 3.40. The van der Waals surface area contributed by atoms with Crippen LogP contribution in [-0.2, 0) is 10.0 Å². The number of sulfonamides is 1. The predicted molar refractivity (Wildman–Crippen MR) is 74.2 cm³/mol. The quantitative estimate of drug-likeness (QED) is 0.927. The molecule has 0 saturated carbocycles. The smallest absolute Gasteiger partial charge is 0.277 e. The van der Waals surface area contributed by atoms with Crippen molar-refractivity contribution in [3.8, 4) is 0 Å². The number of nitrogens with zero attached hydrogens (tertiary/aromatic N) is 1. The summed E-state index contributed by atoms with van der Waals surface area (Å²) >= 11 is 9.19. The number of nitrogens with one attached hydrogen (secondary N) is 1. The van der Waals surface area contributed by atoms with Gasteiger partial charge in [0.25, 0.3) is 10.0 Å². The Morgan fingerprint density at radius 1 is 1.22 bits per heavy atom. The highest BCUT2D eigenvalue weighted by atomic mass is 79.9. The molecule has 1 heterocycles. The zero-order chi connectivity index (χ0) is 13.2. The Hall–Kier alpha value is -1.11. The molecule has 0 aliphatic carbocycles. The van der Waals surface area contributed by atoms with E-state index in [-0.39, 0.29) is 5.03 Å². The molecule has 0 fully saturated rings. The number of hydrogen-bond acceptors (Lipinski definition) is 3. The van der Waals surface area contributed by atoms with Crippen molar-refractivity contribution in [2.45, 2.75) is 5.03 Å². The minimum Gasteiger partial charge on any atom is -0.277 e. The van der Waals surface area contributed by atoms with Crippen molar-refractivity contribution in [2.75, 3.05) is 4.72 Å². The number of pyridine rings is 1. The highest BCUT2D eigenvalue weighted by Crippen LogP contribution is 2.27. The fourth-order valence-electron chi connectivity index (χ4n) is 1.28. The van der Waals surface area contributed by atoms with Crippen molar-refractivity contribution in [1.29, 1.82) is 0 Å². The summed E-state index contributed by atoms with van der Waals surface area (Å²) in [6, 6.07) is 9.54. The van der Waals surface area contributed by atoms with Crippen molar-refractivity contribution in [3.63, 3.8) is 0 Å². The van der Waals surface area contributed by atoms with Gasteiger partial charge < -0.3 is 0 Å². The Bertz CT molecular complexity index is 662. The molecule has 18 heavy (non-hydrogen) atoms. The van der Waals surface area contributed by atoms with E-state index < -0.39 is 10.0 Å². The van der Waals surface area contributed by atoms with Crippen molar-refractivity contribution in [3.05, 3.63) is 52.1 Å². The van der Waals surface area contributed by atoms with Crippen LogP contribution in [0.25, 0.3) is 0 Å². The topological polar surface area (TPSA) is 59.1 Å². The summed E-state index contributed by atoms with van der Waals surface area (Å²) in [6.07, 6.45) is 1.41. The van der Waals surface area contributed by atoms with Gasteiger partial charge in [0.15, 0.2) is 5.03 Å². The monoisotopic (exact) mass is 346 g/mol. The molecule has 0 aliphatic rings. The first kappa shape index (κ1) is 13.3. The standard InChI is InChI=1S/C11H8BrClN2O2S/c12-8-4-5-10(9(13)7-8)15-18(16,17)11-3-1-2-6-14-11/h1-7,15H. The predicted octanol–water partition coefficient (Wildman–Crippen LogP) is 3.30. The summed E-state index contributed by atoms with van der Waals surface area (Å²) in [4.78, 5) is 3.79. The fourth-order valence-corrected chi connectivity index (χ4v) is 3.08. The molecule has 1 N–H and O–H groups in total. The third kappa shape index (κ3) is 3.01. The SMILES string of the molecule is O=S(=O)(Nc1ccc(Br)cc1Cl)c1ccccn1. The van der Waals surface area contributed by atoms with Gasteiger partial charge in [-0.25, -0.2) is 4.98 Å². The molecule has 0 saturated heterocycles. The highest BCUT2D eigenvalue weighted by molar-refractivity contribution is 9.10. The summed E-state index contributed by atoms with van der Waals surface area (Å²) in [5, 5.41) is 0.257. The van der Waals surface area contributed by atoms with Gasteiger partial charge in [0, 0.05) is 10.7 Å². The number of anilines is 1. The molecular formula is C11H8BrClN2O2S. The maximum atomic E-state index is 12.0. The highest BCUT2D eigenvalue weighted by Gasteiger charge is 2.16. The maximum absolute atomic E-state index is 12.0. The van der Waals surface area contributed by atoms with Crippen LogP contribution in [0.2, 0.25) is 5.02 Å². The van der Waals surface area contributed by atoms with Gasteiger partial charge in [-0.05, 0) is 30.3 Å². The lowest BCUT2D eigenvalue weighted by Crippen LogP contribution is -2.14. The average Bonchev–Trinajstić information content (AvgIpc) is 2.34. The van der Waals surface area contributed by atoms with Crippen LogP contribution in [0.3, 0.4) is 0 Å². The fraction of sp³-hybridized carbons (Fsp3) is 0. The first-order chi connectivity index (χ1) is 8.49. The summed E-state index contributed by atoms with van der Waals surface area (Å²) in [5.41, 5.74) is 0.311. The van der Waals surface area contributed by atoms with Gasteiger partial charge in [0.05, 0.1) is 10.7 Å². The van der Waals surface area contributed by atoms with E-state index in [1.807, 2.05) is 0 Å². The van der Waals surface area contributed by atoms with Crippen molar-refractivity contribution >= 4 is 43.2 Å². The Labute approximate surface area is 118 Å². The van der Waals surface area contributed by atoms with Crippen LogP contribution in [0.5, 0.6) is 0 Å². The summed E-state index contributed by atoms with van der Waals surface area (Å²) < 4.78 is 27.1. The molecule has 0 amide bonds. The van der Waals surface area contributed by atoms with Crippen LogP contribution in [0.4, 0.5) is 5.69 Å². The van der Waals surface area contributed by atoms with E-state index in [9.17, 15) is 8.42 Å². The van der Waals surface area contributed by atoms with Gasteiger partial charge in [-0.2, -0.15) is 8.42 Å². The lowest BCUT2D eigenvalue weighted by Gasteiger charge is -2.08. The second kappa shape index (κ2) is 5.26. The van der Waals surface area contributed by atoms with Gasteiger partial charge in [-0.15, -0.1) is 0 Å². The minimum absolute atomic E-state index is 0.0519. The van der Waals surface area contributed by atoms with E-state index in [4.69, 9.17) is 11.6 Å². The lowest BCUT2D eigenvalue weighted by molar-refractivity contribution is 0.597. The van der Waals surface area contributed by atoms with E-state index in [2.05, 4.69) is 25.6 Å². The van der Waals surface area contributed by atoms with Crippen LogP contribution in [-0.4, -0.2) is 13.4 Å². The first-order valence-corrected chi connectivity index (χ1v) is 7.53. The average molecular weight is 348 g/mol. The molecule has 0 unspecified atom stereocenters. The molecule has 2 rings (SSSR count). The third-order valence-electron chi connectivity index (χ3n) is 2.09. The number of rotatable bonds is 3. The maximum Gasteiger partial charge on any atom is 0.279 e. The van der Waals surface area contributed by atoms with Crippen LogP contribution in [0, 0.1) is 0 Å². The lowest BCUT2D eigenvalue weighted by atomic mass is 10.3. The molecule has 4 nitrogen and oxygen atoms in total. The molecule has 0 atom stereocenters. The van der Waals surface area contributed by atoms with Crippen LogP contribution in [0.1, 0.15) is 0 Å². The summed E-state index contributed by atoms with van der Waals surface area (Å²) in [5.74, 6) is 0. The van der Waals surface area contributed by atoms with Crippen molar-refractivity contribution in [2.24, 2.45) is 0 Å². The number of aromatic nitrogens is 1. The van der Waals surface area contributed by atoms with Crippen molar-refractivity contribution < 1.29 is 8.42 Å². The van der Waals surface area contributed by atoms with Crippen LogP contribution < -0.4 is 4.72 Å². The molecule has 1 aromatic carbocycles. The Morgan fingerprint density at radius 2 is 2.00 bits per heavy atom. The number of hydrogen-bond donors (Lipinski definition) is 1. The largest absolute Gasteiger partial charge is 0.279 e. The van der Waals surface area contributed by atoms with Gasteiger partial charge in [-0.1, -0.05) is 33.6 Å². The van der Waals surface area contributed by atoms with E-state index >= 15 is 0 Å². The zero-order valence-electron chi connectivity index (χ0n) is 8.97. The van der Waals surface area contributed by atoms with Gasteiger partial charge >= 0.3 is 0 Å². The van der Waals surface area contributed by atoms with E-state index in [1.54, 1.807) is 30.3 Å². The second-order valence-corrected chi connectivity index (χ2v) is 6.35. The summed E-state index contributed by atoms with van der Waals surface area (Å²) in [7, 11) is -3.71. The van der Waals surface area contributed by atoms with Gasteiger partial charge in [0.1, 0.15) is 0 Å². The molecule has 94 valence electrons. The molecule has 1 aromatic heterocycles. The Morgan fingerprint density at radius 3 is 2.61 bits per heavy atom. The van der Waals surface area contributed by atoms with Gasteiger partial charge in [0.2, 0.25) is 0 Å². The van der Waals surface area contributed by atoms with Crippen LogP contribution >= 0.6 is 27.5 Å². The van der Waals surface area contributed by atoms with E-state index in [0.717, 1.165) is 4.47 Å². The summed E-state index contributed by atoms with van der Waals surface area (Å²) in [6.45, 7) is 0. The molecule has 0 radical (unpaired) electrons. The van der Waals surface area contributed by atoms with Crippen molar-refractivity contribution in [1.82, 2.24) is 4.98 Å². The number of benzene rings is 1. The molecular weight excluding hydrogens is 340 g/mol. The molecule has 0 aliphatic heterocycles. The normalized spacial score (nSPS) is 11.2. The zero-order valence-corrected chi connectivity index (χ0v) is 12.1. The third-order valence-corrected chi connectivity index (χ3v) is 4.18. The van der Waals surface area contributed by atoms with E-state index in [1.165, 1.54) is 12.3 Å². The van der Waals surface area contributed by atoms with Crippen LogP contribution in [0.15, 0.2) is 52.1 Å². The Kier molecular flexibility index (Phi) is 3.89. The Balaban J connectivity index is 2.34. The minimum atomic E-state index is -3.71. The first-order valence-electron chi connectivity index (χ1n) is 4.88. The molecule has 2 aromatic rings. The molecule has 0 spiro atoms. The molecule has 7 heteroatoms. The van der Waals surface area contributed by atoms with E-state index in [0.29, 0.717) is 10.7 Å².